The van der Waals surface area contributed by atoms with Crippen LogP contribution in [0.25, 0.3) is 11.1 Å². The molecule has 0 saturated carbocycles. The number of nitrogens with two attached hydrogens (primary N) is 1. The standard InChI is InChI=1S/C11H6F3NO2/c12-11(13,14)6-3-1-5(2-4-6)7-8(15)10(17)9(7)16/h1-4H,15H2. The summed E-state index contributed by atoms with van der Waals surface area (Å²) >= 11 is 0. The third kappa shape index (κ3) is 1.71. The lowest BCUT2D eigenvalue weighted by Crippen LogP contribution is -2.35. The van der Waals surface area contributed by atoms with E-state index >= 15 is 0 Å². The number of hydrogen-bond donors (Lipinski definition) is 1. The van der Waals surface area contributed by atoms with Gasteiger partial charge >= 0.3 is 6.18 Å². The fourth-order valence-electron chi connectivity index (χ4n) is 1.52. The molecule has 0 aromatic heterocycles. The first-order chi connectivity index (χ1) is 7.82. The third-order valence-corrected chi connectivity index (χ3v) is 2.45. The molecule has 2 aromatic rings. The zero-order chi connectivity index (χ0) is 12.8. The van der Waals surface area contributed by atoms with Gasteiger partial charge in [-0.1, -0.05) is 12.1 Å². The monoisotopic (exact) mass is 241 g/mol. The Balaban J connectivity index is 2.45. The van der Waals surface area contributed by atoms with Crippen molar-refractivity contribution in [3.63, 3.8) is 0 Å². The van der Waals surface area contributed by atoms with Crippen molar-refractivity contribution in [3.8, 4) is 11.1 Å². The zero-order valence-corrected chi connectivity index (χ0v) is 8.34. The van der Waals surface area contributed by atoms with E-state index in [1.165, 1.54) is 0 Å². The first kappa shape index (κ1) is 11.4. The molecule has 0 radical (unpaired) electrons. The van der Waals surface area contributed by atoms with E-state index in [1.54, 1.807) is 0 Å². The van der Waals surface area contributed by atoms with Crippen molar-refractivity contribution in [3.05, 3.63) is 50.3 Å². The summed E-state index contributed by atoms with van der Waals surface area (Å²) in [4.78, 5) is 22.0. The Hall–Kier alpha value is -2.11. The maximum atomic E-state index is 12.3. The molecule has 6 heteroatoms. The van der Waals surface area contributed by atoms with E-state index in [9.17, 15) is 22.8 Å². The van der Waals surface area contributed by atoms with E-state index in [0.717, 1.165) is 24.3 Å². The molecule has 2 N–H and O–H groups in total. The van der Waals surface area contributed by atoms with Gasteiger partial charge in [0.1, 0.15) is 0 Å². The molecule has 0 aliphatic heterocycles. The lowest BCUT2D eigenvalue weighted by atomic mass is 9.98. The fourth-order valence-corrected chi connectivity index (χ4v) is 1.52. The fraction of sp³-hybridized carbons (Fsp3) is 0.0909. The molecule has 3 nitrogen and oxygen atoms in total. The quantitative estimate of drug-likeness (QED) is 0.770. The average molecular weight is 241 g/mol. The second-order valence-electron chi connectivity index (χ2n) is 3.52. The van der Waals surface area contributed by atoms with E-state index in [2.05, 4.69) is 0 Å². The second kappa shape index (κ2) is 3.44. The average Bonchev–Trinajstić information content (AvgIpc) is 2.28. The minimum Gasteiger partial charge on any atom is -0.395 e. The van der Waals surface area contributed by atoms with Gasteiger partial charge in [-0.15, -0.1) is 0 Å². The number of anilines is 1. The minimum atomic E-state index is -4.43. The molecule has 0 fully saturated rings. The molecule has 0 unspecified atom stereocenters. The van der Waals surface area contributed by atoms with Crippen molar-refractivity contribution < 1.29 is 13.2 Å². The van der Waals surface area contributed by atoms with Crippen LogP contribution in [0.2, 0.25) is 0 Å². The summed E-state index contributed by atoms with van der Waals surface area (Å²) in [7, 11) is 0. The minimum absolute atomic E-state index is 0.0104. The number of alkyl halides is 3. The van der Waals surface area contributed by atoms with Gasteiger partial charge in [-0.3, -0.25) is 9.59 Å². The highest BCUT2D eigenvalue weighted by atomic mass is 19.4. The Kier molecular flexibility index (Phi) is 2.30. The molecule has 2 aromatic carbocycles. The maximum absolute atomic E-state index is 12.3. The highest BCUT2D eigenvalue weighted by Crippen LogP contribution is 2.31. The smallest absolute Gasteiger partial charge is 0.395 e. The van der Waals surface area contributed by atoms with E-state index in [0.29, 0.717) is 0 Å². The van der Waals surface area contributed by atoms with Crippen molar-refractivity contribution in [1.29, 1.82) is 0 Å². The van der Waals surface area contributed by atoms with Gasteiger partial charge in [0.15, 0.2) is 0 Å². The number of rotatable bonds is 1. The number of halogens is 3. The summed E-state index contributed by atoms with van der Waals surface area (Å²) in [6.45, 7) is 0. The SMILES string of the molecule is Nc1c(-c2ccc(C(F)(F)F)cc2)c(=O)c1=O. The Morgan fingerprint density at radius 1 is 0.941 bits per heavy atom. The molecule has 0 aliphatic carbocycles. The molecular weight excluding hydrogens is 235 g/mol. The van der Waals surface area contributed by atoms with Gasteiger partial charge in [0.05, 0.1) is 16.8 Å². The molecule has 0 atom stereocenters. The van der Waals surface area contributed by atoms with Crippen LogP contribution in [-0.4, -0.2) is 0 Å². The lowest BCUT2D eigenvalue weighted by molar-refractivity contribution is -0.137. The molecule has 0 saturated heterocycles. The predicted molar refractivity (Wildman–Crippen MR) is 56.2 cm³/mol. The predicted octanol–water partition coefficient (Wildman–Crippen LogP) is 1.55. The van der Waals surface area contributed by atoms with Crippen LogP contribution in [0, 0.1) is 0 Å². The van der Waals surface area contributed by atoms with Gasteiger partial charge in [-0.25, -0.2) is 0 Å². The Morgan fingerprint density at radius 3 is 1.88 bits per heavy atom. The summed E-state index contributed by atoms with van der Waals surface area (Å²) in [5.41, 5.74) is 2.94. The van der Waals surface area contributed by atoms with Gasteiger partial charge < -0.3 is 5.73 Å². The van der Waals surface area contributed by atoms with Crippen LogP contribution in [0.4, 0.5) is 18.9 Å². The molecule has 17 heavy (non-hydrogen) atoms. The first-order valence-electron chi connectivity index (χ1n) is 4.59. The highest BCUT2D eigenvalue weighted by Gasteiger charge is 2.30. The van der Waals surface area contributed by atoms with Gasteiger partial charge in [-0.2, -0.15) is 13.2 Å². The second-order valence-corrected chi connectivity index (χ2v) is 3.52. The van der Waals surface area contributed by atoms with Crippen LogP contribution in [0.1, 0.15) is 5.56 Å². The summed E-state index contributed by atoms with van der Waals surface area (Å²) in [6.07, 6.45) is -4.43. The topological polar surface area (TPSA) is 60.2 Å². The van der Waals surface area contributed by atoms with Crippen LogP contribution in [-0.2, 0) is 6.18 Å². The molecule has 0 heterocycles. The van der Waals surface area contributed by atoms with E-state index in [4.69, 9.17) is 5.73 Å². The third-order valence-electron chi connectivity index (χ3n) is 2.45. The summed E-state index contributed by atoms with van der Waals surface area (Å²) in [6, 6.07) is 3.92. The molecule has 0 bridgehead atoms. The summed E-state index contributed by atoms with van der Waals surface area (Å²) in [5.74, 6) is 0. The molecule has 0 aliphatic rings. The van der Waals surface area contributed by atoms with Crippen LogP contribution in [0.15, 0.2) is 33.9 Å². The summed E-state index contributed by atoms with van der Waals surface area (Å²) in [5, 5.41) is 0. The molecule has 0 spiro atoms. The van der Waals surface area contributed by atoms with Crippen molar-refractivity contribution >= 4 is 5.69 Å². The summed E-state index contributed by atoms with van der Waals surface area (Å²) < 4.78 is 36.8. The van der Waals surface area contributed by atoms with Crippen LogP contribution >= 0.6 is 0 Å². The van der Waals surface area contributed by atoms with Crippen molar-refractivity contribution in [1.82, 2.24) is 0 Å². The molecular formula is C11H6F3NO2. The van der Waals surface area contributed by atoms with E-state index in [-0.39, 0.29) is 16.8 Å². The van der Waals surface area contributed by atoms with Crippen molar-refractivity contribution in [2.24, 2.45) is 0 Å². The van der Waals surface area contributed by atoms with Crippen LogP contribution in [0.5, 0.6) is 0 Å². The number of nitrogen functional groups attached to an aromatic ring is 1. The van der Waals surface area contributed by atoms with Gasteiger partial charge in [0.25, 0.3) is 0 Å². The first-order valence-corrected chi connectivity index (χ1v) is 4.59. The van der Waals surface area contributed by atoms with Crippen LogP contribution < -0.4 is 16.6 Å². The zero-order valence-electron chi connectivity index (χ0n) is 8.34. The Bertz CT molecular complexity index is 634. The van der Waals surface area contributed by atoms with Crippen LogP contribution in [0.3, 0.4) is 0 Å². The number of benzene rings is 1. The van der Waals surface area contributed by atoms with Gasteiger partial charge in [0.2, 0.25) is 10.9 Å². The maximum Gasteiger partial charge on any atom is 0.416 e. The Labute approximate surface area is 93.0 Å². The Morgan fingerprint density at radius 2 is 1.47 bits per heavy atom. The number of hydrogen-bond acceptors (Lipinski definition) is 3. The van der Waals surface area contributed by atoms with E-state index < -0.39 is 22.6 Å². The largest absolute Gasteiger partial charge is 0.416 e. The van der Waals surface area contributed by atoms with E-state index in [1.807, 2.05) is 0 Å². The van der Waals surface area contributed by atoms with Gasteiger partial charge in [-0.05, 0) is 17.7 Å². The van der Waals surface area contributed by atoms with Gasteiger partial charge in [0, 0.05) is 0 Å². The lowest BCUT2D eigenvalue weighted by Gasteiger charge is -2.09. The highest BCUT2D eigenvalue weighted by molar-refractivity contribution is 5.80. The normalized spacial score (nSPS) is 11.9. The van der Waals surface area contributed by atoms with Crippen molar-refractivity contribution in [2.75, 3.05) is 5.73 Å². The molecule has 88 valence electrons. The molecule has 0 amide bonds. The molecule has 2 rings (SSSR count). The van der Waals surface area contributed by atoms with Crippen molar-refractivity contribution in [2.45, 2.75) is 6.18 Å².